The Labute approximate surface area is 175 Å². The summed E-state index contributed by atoms with van der Waals surface area (Å²) in [4.78, 5) is 12.8. The summed E-state index contributed by atoms with van der Waals surface area (Å²) in [5, 5.41) is 14.3. The van der Waals surface area contributed by atoms with Crippen LogP contribution < -0.4 is 10.6 Å². The summed E-state index contributed by atoms with van der Waals surface area (Å²) >= 11 is 3.21. The van der Waals surface area contributed by atoms with Crippen molar-refractivity contribution in [1.29, 1.82) is 5.26 Å². The van der Waals surface area contributed by atoms with Gasteiger partial charge in [-0.25, -0.2) is 0 Å². The molecule has 3 rings (SSSR count). The molecule has 2 N–H and O–H groups in total. The van der Waals surface area contributed by atoms with Crippen LogP contribution in [-0.4, -0.2) is 23.7 Å². The molecule has 2 aromatic carbocycles. The van der Waals surface area contributed by atoms with Gasteiger partial charge in [-0.3, -0.25) is 10.1 Å². The van der Waals surface area contributed by atoms with E-state index in [2.05, 4.69) is 26.6 Å². The van der Waals surface area contributed by atoms with Crippen molar-refractivity contribution in [3.63, 3.8) is 0 Å². The van der Waals surface area contributed by atoms with Crippen LogP contribution in [0, 0.1) is 11.3 Å². The number of carbonyl (C=O) groups is 1. The van der Waals surface area contributed by atoms with E-state index in [1.54, 1.807) is 30.3 Å². The van der Waals surface area contributed by atoms with Crippen LogP contribution in [0.5, 0.6) is 0 Å². The third kappa shape index (κ3) is 5.58. The smallest absolute Gasteiger partial charge is 0.336 e. The molecule has 2 aromatic rings. The maximum absolute atomic E-state index is 13.8. The highest BCUT2D eigenvalue weighted by Gasteiger charge is 2.47. The van der Waals surface area contributed by atoms with Crippen LogP contribution in [-0.2, 0) is 11.2 Å². The number of halogens is 4. The van der Waals surface area contributed by atoms with E-state index in [4.69, 9.17) is 0 Å². The Hall–Kier alpha value is -2.37. The lowest BCUT2D eigenvalue weighted by Crippen LogP contribution is -2.52. The third-order valence-electron chi connectivity index (χ3n) is 4.82. The van der Waals surface area contributed by atoms with Gasteiger partial charge in [0.2, 0.25) is 5.91 Å². The maximum Gasteiger partial charge on any atom is 0.407 e. The van der Waals surface area contributed by atoms with Gasteiger partial charge in [-0.15, -0.1) is 0 Å². The number of benzene rings is 2. The maximum atomic E-state index is 13.8. The van der Waals surface area contributed by atoms with Gasteiger partial charge in [0.15, 0.2) is 0 Å². The highest BCUT2D eigenvalue weighted by atomic mass is 79.9. The molecule has 0 saturated heterocycles. The lowest BCUT2D eigenvalue weighted by Gasteiger charge is -2.28. The van der Waals surface area contributed by atoms with Gasteiger partial charge in [-0.2, -0.15) is 18.4 Å². The molecule has 152 valence electrons. The highest BCUT2D eigenvalue weighted by Crippen LogP contribution is 2.36. The quantitative estimate of drug-likeness (QED) is 0.635. The highest BCUT2D eigenvalue weighted by molar-refractivity contribution is 9.10. The molecule has 8 heteroatoms. The van der Waals surface area contributed by atoms with Crippen LogP contribution in [0.4, 0.5) is 13.2 Å². The lowest BCUT2D eigenvalue weighted by molar-refractivity contribution is -0.161. The molecule has 4 nitrogen and oxygen atoms in total. The van der Waals surface area contributed by atoms with Crippen LogP contribution in [0.1, 0.15) is 30.0 Å². The van der Waals surface area contributed by atoms with Crippen molar-refractivity contribution >= 4 is 21.8 Å². The first-order valence-corrected chi connectivity index (χ1v) is 9.87. The molecule has 2 atom stereocenters. The Balaban J connectivity index is 1.87. The van der Waals surface area contributed by atoms with Crippen molar-refractivity contribution in [3.8, 4) is 6.07 Å². The largest absolute Gasteiger partial charge is 0.407 e. The zero-order valence-electron chi connectivity index (χ0n) is 15.3. The second-order valence-electron chi connectivity index (χ2n) is 7.12. The predicted octanol–water partition coefficient (Wildman–Crippen LogP) is 4.43. The fraction of sp³-hybridized carbons (Fsp3) is 0.333. The summed E-state index contributed by atoms with van der Waals surface area (Å²) in [7, 11) is 0. The number of alkyl halides is 3. The van der Waals surface area contributed by atoms with Gasteiger partial charge in [-0.1, -0.05) is 58.4 Å². The van der Waals surface area contributed by atoms with E-state index >= 15 is 0 Å². The number of amides is 1. The number of hydrogen-bond donors (Lipinski definition) is 2. The second kappa shape index (κ2) is 8.56. The summed E-state index contributed by atoms with van der Waals surface area (Å²) in [5.74, 6) is -0.612. The van der Waals surface area contributed by atoms with E-state index in [1.807, 2.05) is 6.07 Å². The van der Waals surface area contributed by atoms with Crippen molar-refractivity contribution in [1.82, 2.24) is 10.6 Å². The Kier molecular flexibility index (Phi) is 6.30. The zero-order valence-corrected chi connectivity index (χ0v) is 16.9. The topological polar surface area (TPSA) is 64.9 Å². The minimum atomic E-state index is -4.60. The van der Waals surface area contributed by atoms with Crippen molar-refractivity contribution < 1.29 is 18.0 Å². The zero-order chi connectivity index (χ0) is 21.1. The lowest BCUT2D eigenvalue weighted by atomic mass is 10.0. The van der Waals surface area contributed by atoms with Crippen LogP contribution in [0.15, 0.2) is 59.1 Å². The Morgan fingerprint density at radius 3 is 2.28 bits per heavy atom. The van der Waals surface area contributed by atoms with E-state index in [9.17, 15) is 23.2 Å². The molecule has 29 heavy (non-hydrogen) atoms. The van der Waals surface area contributed by atoms with Crippen molar-refractivity contribution in [3.05, 3.63) is 70.2 Å². The molecule has 1 aliphatic carbocycles. The molecular weight excluding hydrogens is 447 g/mol. The molecule has 0 heterocycles. The molecular formula is C21H19BrF3N3O. The first-order chi connectivity index (χ1) is 13.7. The fourth-order valence-corrected chi connectivity index (χ4v) is 3.29. The standard InChI is InChI=1S/C21H19BrF3N3O/c22-16-8-6-15(7-9-16)18(21(23,24)25)27-17(12-14-4-2-1-3-5-14)19(29)28-20(13-26)10-11-20/h1-9,17-18,27H,10-12H2,(H,28,29)/t17-,18+/m1/s1. The number of nitrogens with one attached hydrogen (secondary N) is 2. The van der Waals surface area contributed by atoms with Gasteiger partial charge >= 0.3 is 6.18 Å². The summed E-state index contributed by atoms with van der Waals surface area (Å²) in [6.07, 6.45) is -3.53. The van der Waals surface area contributed by atoms with Crippen molar-refractivity contribution in [2.45, 2.75) is 43.1 Å². The number of nitrogens with zero attached hydrogens (tertiary/aromatic N) is 1. The number of carbonyl (C=O) groups excluding carboxylic acids is 1. The average molecular weight is 466 g/mol. The van der Waals surface area contributed by atoms with E-state index in [0.29, 0.717) is 17.3 Å². The molecule has 0 aliphatic heterocycles. The number of nitriles is 1. The van der Waals surface area contributed by atoms with E-state index < -0.39 is 29.7 Å². The first-order valence-electron chi connectivity index (χ1n) is 9.08. The van der Waals surface area contributed by atoms with Crippen LogP contribution in [0.25, 0.3) is 0 Å². The third-order valence-corrected chi connectivity index (χ3v) is 5.35. The molecule has 1 saturated carbocycles. The summed E-state index contributed by atoms with van der Waals surface area (Å²) < 4.78 is 42.1. The molecule has 0 spiro atoms. The molecule has 0 unspecified atom stereocenters. The minimum Gasteiger partial charge on any atom is -0.336 e. The Bertz CT molecular complexity index is 890. The van der Waals surface area contributed by atoms with Gasteiger partial charge in [0.1, 0.15) is 11.6 Å². The summed E-state index contributed by atoms with van der Waals surface area (Å²) in [6.45, 7) is 0. The number of hydrogen-bond acceptors (Lipinski definition) is 3. The molecule has 0 aromatic heterocycles. The van der Waals surface area contributed by atoms with Crippen molar-refractivity contribution in [2.24, 2.45) is 0 Å². The first kappa shape index (κ1) is 21.3. The van der Waals surface area contributed by atoms with Crippen LogP contribution >= 0.6 is 15.9 Å². The Morgan fingerprint density at radius 1 is 1.14 bits per heavy atom. The van der Waals surface area contributed by atoms with E-state index in [-0.39, 0.29) is 12.0 Å². The van der Waals surface area contributed by atoms with Gasteiger partial charge < -0.3 is 5.32 Å². The van der Waals surface area contributed by atoms with Crippen molar-refractivity contribution in [2.75, 3.05) is 0 Å². The fourth-order valence-electron chi connectivity index (χ4n) is 3.03. The van der Waals surface area contributed by atoms with Gasteiger partial charge in [0.05, 0.1) is 12.1 Å². The molecule has 0 bridgehead atoms. The van der Waals surface area contributed by atoms with E-state index in [0.717, 1.165) is 5.56 Å². The predicted molar refractivity (Wildman–Crippen MR) is 106 cm³/mol. The average Bonchev–Trinajstić information content (AvgIpc) is 3.46. The summed E-state index contributed by atoms with van der Waals surface area (Å²) in [6, 6.07) is 13.5. The Morgan fingerprint density at radius 2 is 1.76 bits per heavy atom. The molecule has 0 radical (unpaired) electrons. The SMILES string of the molecule is N#CC1(NC(=O)[C@@H](Cc2ccccc2)N[C@@H](c2ccc(Br)cc2)C(F)(F)F)CC1. The monoisotopic (exact) mass is 465 g/mol. The van der Waals surface area contributed by atoms with E-state index in [1.165, 1.54) is 24.3 Å². The van der Waals surface area contributed by atoms with Crippen LogP contribution in [0.2, 0.25) is 0 Å². The molecule has 1 amide bonds. The minimum absolute atomic E-state index is 0.00739. The van der Waals surface area contributed by atoms with Gasteiger partial charge in [0, 0.05) is 4.47 Å². The molecule has 1 fully saturated rings. The molecule has 1 aliphatic rings. The van der Waals surface area contributed by atoms with Gasteiger partial charge in [-0.05, 0) is 42.5 Å². The van der Waals surface area contributed by atoms with Gasteiger partial charge in [0.25, 0.3) is 0 Å². The second-order valence-corrected chi connectivity index (χ2v) is 8.03. The number of rotatable bonds is 7. The normalized spacial score (nSPS) is 17.1. The van der Waals surface area contributed by atoms with Crippen LogP contribution in [0.3, 0.4) is 0 Å². The summed E-state index contributed by atoms with van der Waals surface area (Å²) in [5.41, 5.74) is -0.231.